The van der Waals surface area contributed by atoms with Crippen molar-refractivity contribution < 1.29 is 4.79 Å². The third-order valence-electron chi connectivity index (χ3n) is 6.06. The monoisotopic (exact) mass is 486 g/mol. The zero-order chi connectivity index (χ0) is 25.8. The van der Waals surface area contributed by atoms with Gasteiger partial charge < -0.3 is 10.6 Å². The summed E-state index contributed by atoms with van der Waals surface area (Å²) in [5.74, 6) is 6.72. The highest BCUT2D eigenvalue weighted by Gasteiger charge is 2.20. The van der Waals surface area contributed by atoms with Gasteiger partial charge in [0.1, 0.15) is 17.2 Å². The zero-order valence-electron chi connectivity index (χ0n) is 20.9. The van der Waals surface area contributed by atoms with Gasteiger partial charge in [-0.2, -0.15) is 0 Å². The van der Waals surface area contributed by atoms with Crippen LogP contribution in [0.25, 0.3) is 28.2 Å². The summed E-state index contributed by atoms with van der Waals surface area (Å²) in [6.45, 7) is 3.84. The van der Waals surface area contributed by atoms with Gasteiger partial charge in [0.15, 0.2) is 0 Å². The summed E-state index contributed by atoms with van der Waals surface area (Å²) < 4.78 is 2.05. The first kappa shape index (κ1) is 23.9. The van der Waals surface area contributed by atoms with Gasteiger partial charge in [0, 0.05) is 35.3 Å². The number of anilines is 1. The lowest BCUT2D eigenvalue weighted by molar-refractivity contribution is -0.117. The number of carbonyl (C=O) groups is 1. The molecule has 0 aliphatic carbocycles. The summed E-state index contributed by atoms with van der Waals surface area (Å²) >= 11 is 0. The van der Waals surface area contributed by atoms with Crippen LogP contribution in [-0.2, 0) is 4.79 Å². The summed E-state index contributed by atoms with van der Waals surface area (Å²) in [7, 11) is 1.74. The van der Waals surface area contributed by atoms with Gasteiger partial charge in [-0.3, -0.25) is 14.2 Å². The number of aryl methyl sites for hydroxylation is 1. The SMILES string of the molecule is CN[C@@H](C)C(=O)Nc1ccc(-c2c(-c3ccncc3)nc3cc(C)ccn23)c(C#Cc2ccccc2)n1. The van der Waals surface area contributed by atoms with Crippen LogP contribution in [-0.4, -0.2) is 38.3 Å². The average Bonchev–Trinajstić information content (AvgIpc) is 3.31. The third-order valence-corrected chi connectivity index (χ3v) is 6.06. The van der Waals surface area contributed by atoms with Crippen LogP contribution in [0.4, 0.5) is 5.82 Å². The topological polar surface area (TPSA) is 84.2 Å². The number of hydrogen-bond donors (Lipinski definition) is 2. The Hall–Kier alpha value is -4.80. The fourth-order valence-electron chi connectivity index (χ4n) is 3.95. The molecule has 2 N–H and O–H groups in total. The average molecular weight is 487 g/mol. The summed E-state index contributed by atoms with van der Waals surface area (Å²) in [6.07, 6.45) is 5.52. The molecule has 4 heterocycles. The molecule has 4 aromatic heterocycles. The maximum atomic E-state index is 12.5. The first-order valence-corrected chi connectivity index (χ1v) is 12.0. The molecule has 0 aliphatic heterocycles. The van der Waals surface area contributed by atoms with Gasteiger partial charge in [0.05, 0.1) is 17.4 Å². The van der Waals surface area contributed by atoms with Gasteiger partial charge in [-0.15, -0.1) is 0 Å². The Balaban J connectivity index is 1.72. The van der Waals surface area contributed by atoms with Crippen LogP contribution in [0.5, 0.6) is 0 Å². The summed E-state index contributed by atoms with van der Waals surface area (Å²) in [5, 5.41) is 5.83. The summed E-state index contributed by atoms with van der Waals surface area (Å²) in [5.41, 5.74) is 6.77. The van der Waals surface area contributed by atoms with Crippen LogP contribution >= 0.6 is 0 Å². The third kappa shape index (κ3) is 5.10. The number of imidazole rings is 1. The largest absolute Gasteiger partial charge is 0.309 e. The van der Waals surface area contributed by atoms with Crippen molar-refractivity contribution in [1.29, 1.82) is 0 Å². The van der Waals surface area contributed by atoms with Crippen LogP contribution in [0.1, 0.15) is 23.7 Å². The highest BCUT2D eigenvalue weighted by atomic mass is 16.2. The molecule has 0 radical (unpaired) electrons. The van der Waals surface area contributed by atoms with Crippen LogP contribution in [0.15, 0.2) is 85.3 Å². The maximum Gasteiger partial charge on any atom is 0.242 e. The molecular formula is C30H26N6O. The number of rotatable bonds is 5. The number of nitrogens with one attached hydrogen (secondary N) is 2. The summed E-state index contributed by atoms with van der Waals surface area (Å²) in [4.78, 5) is 26.4. The lowest BCUT2D eigenvalue weighted by Gasteiger charge is -2.13. The van der Waals surface area contributed by atoms with E-state index in [0.717, 1.165) is 39.3 Å². The van der Waals surface area contributed by atoms with E-state index in [1.54, 1.807) is 32.4 Å². The van der Waals surface area contributed by atoms with Crippen LogP contribution in [0, 0.1) is 18.8 Å². The molecule has 0 saturated carbocycles. The minimum atomic E-state index is -0.361. The molecule has 5 rings (SSSR count). The number of nitrogens with zero attached hydrogens (tertiary/aromatic N) is 4. The number of likely N-dealkylation sites (N-methyl/N-ethyl adjacent to an activating group) is 1. The Labute approximate surface area is 215 Å². The quantitative estimate of drug-likeness (QED) is 0.352. The van der Waals surface area contributed by atoms with E-state index in [2.05, 4.69) is 31.9 Å². The number of benzene rings is 1. The van der Waals surface area contributed by atoms with Crippen molar-refractivity contribution in [2.45, 2.75) is 19.9 Å². The van der Waals surface area contributed by atoms with Crippen molar-refractivity contribution in [3.63, 3.8) is 0 Å². The predicted molar refractivity (Wildman–Crippen MR) is 146 cm³/mol. The minimum absolute atomic E-state index is 0.174. The van der Waals surface area contributed by atoms with Gasteiger partial charge in [0.25, 0.3) is 0 Å². The van der Waals surface area contributed by atoms with Crippen molar-refractivity contribution in [3.8, 4) is 34.4 Å². The van der Waals surface area contributed by atoms with Gasteiger partial charge in [0.2, 0.25) is 5.91 Å². The number of amides is 1. The normalized spacial score (nSPS) is 11.5. The molecule has 5 aromatic rings. The lowest BCUT2D eigenvalue weighted by Crippen LogP contribution is -2.35. The maximum absolute atomic E-state index is 12.5. The lowest BCUT2D eigenvalue weighted by atomic mass is 10.0. The van der Waals surface area contributed by atoms with Gasteiger partial charge in [-0.1, -0.05) is 24.1 Å². The number of pyridine rings is 3. The molecule has 7 nitrogen and oxygen atoms in total. The second kappa shape index (κ2) is 10.4. The number of aromatic nitrogens is 4. The molecular weight excluding hydrogens is 460 g/mol. The molecule has 7 heteroatoms. The Bertz CT molecular complexity index is 1630. The summed E-state index contributed by atoms with van der Waals surface area (Å²) in [6, 6.07) is 21.1. The van der Waals surface area contributed by atoms with Crippen molar-refractivity contribution in [3.05, 3.63) is 102 Å². The second-order valence-electron chi connectivity index (χ2n) is 8.69. The van der Waals surface area contributed by atoms with E-state index in [4.69, 9.17) is 9.97 Å². The van der Waals surface area contributed by atoms with E-state index in [1.807, 2.05) is 73.8 Å². The Morgan fingerprint density at radius 1 is 0.973 bits per heavy atom. The van der Waals surface area contributed by atoms with Crippen LogP contribution in [0.2, 0.25) is 0 Å². The van der Waals surface area contributed by atoms with Crippen LogP contribution in [0.3, 0.4) is 0 Å². The van der Waals surface area contributed by atoms with E-state index in [-0.39, 0.29) is 11.9 Å². The standard InChI is InChI=1S/C30H26N6O/c1-20-15-18-36-27(19-20)35-28(23-13-16-32-17-14-23)29(36)24-10-12-26(34-30(37)21(2)31-3)33-25(24)11-9-22-7-5-4-6-8-22/h4-8,10,12-19,21,31H,1-3H3,(H,33,34,37)/t21-/m0/s1. The first-order chi connectivity index (χ1) is 18.0. The van der Waals surface area contributed by atoms with Crippen molar-refractivity contribution in [2.75, 3.05) is 12.4 Å². The van der Waals surface area contributed by atoms with E-state index in [9.17, 15) is 4.79 Å². The molecule has 0 fully saturated rings. The second-order valence-corrected chi connectivity index (χ2v) is 8.69. The molecule has 1 atom stereocenters. The molecule has 0 saturated heterocycles. The zero-order valence-corrected chi connectivity index (χ0v) is 20.9. The van der Waals surface area contributed by atoms with E-state index >= 15 is 0 Å². The molecule has 1 aromatic carbocycles. The molecule has 0 spiro atoms. The highest BCUT2D eigenvalue weighted by Crippen LogP contribution is 2.34. The van der Waals surface area contributed by atoms with E-state index < -0.39 is 0 Å². The van der Waals surface area contributed by atoms with Gasteiger partial charge in [-0.25, -0.2) is 9.97 Å². The van der Waals surface area contributed by atoms with Crippen molar-refractivity contribution in [1.82, 2.24) is 24.7 Å². The number of fused-ring (bicyclic) bond motifs is 1. The highest BCUT2D eigenvalue weighted by molar-refractivity contribution is 5.94. The number of hydrogen-bond acceptors (Lipinski definition) is 5. The smallest absolute Gasteiger partial charge is 0.242 e. The fourth-order valence-corrected chi connectivity index (χ4v) is 3.95. The Morgan fingerprint density at radius 3 is 2.51 bits per heavy atom. The minimum Gasteiger partial charge on any atom is -0.309 e. The van der Waals surface area contributed by atoms with E-state index in [0.29, 0.717) is 11.5 Å². The van der Waals surface area contributed by atoms with Crippen molar-refractivity contribution >= 4 is 17.4 Å². The molecule has 182 valence electrons. The van der Waals surface area contributed by atoms with Crippen molar-refractivity contribution in [2.24, 2.45) is 0 Å². The molecule has 0 aliphatic rings. The fraction of sp³-hybridized carbons (Fsp3) is 0.133. The molecule has 0 unspecified atom stereocenters. The molecule has 0 bridgehead atoms. The van der Waals surface area contributed by atoms with Crippen LogP contribution < -0.4 is 10.6 Å². The Morgan fingerprint density at radius 2 is 1.76 bits per heavy atom. The van der Waals surface area contributed by atoms with Gasteiger partial charge >= 0.3 is 0 Å². The predicted octanol–water partition coefficient (Wildman–Crippen LogP) is 4.71. The first-order valence-electron chi connectivity index (χ1n) is 12.0. The number of carbonyl (C=O) groups excluding carboxylic acids is 1. The molecule has 37 heavy (non-hydrogen) atoms. The Kier molecular flexibility index (Phi) is 6.75. The van der Waals surface area contributed by atoms with E-state index in [1.165, 1.54) is 0 Å². The van der Waals surface area contributed by atoms with Gasteiger partial charge in [-0.05, 0) is 80.9 Å². The molecule has 1 amide bonds.